The Morgan fingerprint density at radius 3 is 2.68 bits per heavy atom. The highest BCUT2D eigenvalue weighted by Gasteiger charge is 2.58. The van der Waals surface area contributed by atoms with Crippen molar-refractivity contribution in [1.82, 2.24) is 4.90 Å². The third kappa shape index (κ3) is 3.20. The van der Waals surface area contributed by atoms with Crippen molar-refractivity contribution in [3.05, 3.63) is 23.5 Å². The molecule has 0 N–H and O–H groups in total. The largest absolute Gasteiger partial charge is 0.458 e. The minimum Gasteiger partial charge on any atom is -0.458 e. The molecule has 0 unspecified atom stereocenters. The number of carbonyl (C=O) groups is 3. The van der Waals surface area contributed by atoms with Crippen molar-refractivity contribution in [2.24, 2.45) is 17.8 Å². The van der Waals surface area contributed by atoms with Gasteiger partial charge in [-0.3, -0.25) is 4.79 Å². The van der Waals surface area contributed by atoms with Crippen LogP contribution in [0, 0.1) is 17.8 Å². The summed E-state index contributed by atoms with van der Waals surface area (Å²) in [6, 6.07) is -0.173. The Labute approximate surface area is 164 Å². The maximum atomic E-state index is 13.1. The first kappa shape index (κ1) is 19.0. The van der Waals surface area contributed by atoms with E-state index in [2.05, 4.69) is 0 Å². The van der Waals surface area contributed by atoms with E-state index in [4.69, 9.17) is 14.2 Å². The molecule has 7 heteroatoms. The van der Waals surface area contributed by atoms with Crippen molar-refractivity contribution in [1.29, 1.82) is 0 Å². The zero-order valence-corrected chi connectivity index (χ0v) is 16.8. The molecule has 2 aliphatic heterocycles. The lowest BCUT2D eigenvalue weighted by atomic mass is 9.94. The van der Waals surface area contributed by atoms with Crippen LogP contribution < -0.4 is 0 Å². The van der Waals surface area contributed by atoms with Crippen molar-refractivity contribution in [3.63, 3.8) is 0 Å². The van der Waals surface area contributed by atoms with Gasteiger partial charge in [-0.15, -0.1) is 0 Å². The van der Waals surface area contributed by atoms with E-state index in [1.807, 2.05) is 0 Å². The fourth-order valence-corrected chi connectivity index (χ4v) is 5.05. The predicted octanol–water partition coefficient (Wildman–Crippen LogP) is 3.30. The second-order valence-electron chi connectivity index (χ2n) is 9.18. The first-order chi connectivity index (χ1) is 13.2. The average Bonchev–Trinajstić information content (AvgIpc) is 3.28. The highest BCUT2D eigenvalue weighted by Crippen LogP contribution is 2.54. The van der Waals surface area contributed by atoms with Gasteiger partial charge in [-0.2, -0.15) is 0 Å². The molecular weight excluding hydrogens is 362 g/mol. The fourth-order valence-electron chi connectivity index (χ4n) is 5.05. The molecule has 2 heterocycles. The fraction of sp³-hybridized carbons (Fsp3) is 0.667. The van der Waals surface area contributed by atoms with Crippen molar-refractivity contribution in [3.8, 4) is 0 Å². The van der Waals surface area contributed by atoms with E-state index in [0.29, 0.717) is 23.0 Å². The number of carbonyl (C=O) groups excluding carboxylic acids is 3. The van der Waals surface area contributed by atoms with Crippen LogP contribution in [0.4, 0.5) is 4.79 Å². The van der Waals surface area contributed by atoms with Gasteiger partial charge in [0.1, 0.15) is 5.60 Å². The van der Waals surface area contributed by atoms with Crippen molar-refractivity contribution in [2.45, 2.75) is 71.3 Å². The zero-order valence-electron chi connectivity index (χ0n) is 16.8. The van der Waals surface area contributed by atoms with Gasteiger partial charge >= 0.3 is 12.1 Å². The van der Waals surface area contributed by atoms with Gasteiger partial charge in [-0.05, 0) is 52.4 Å². The van der Waals surface area contributed by atoms with E-state index in [-0.39, 0.29) is 17.9 Å². The van der Waals surface area contributed by atoms with Gasteiger partial charge in [0.25, 0.3) is 12.2 Å². The van der Waals surface area contributed by atoms with Crippen LogP contribution in [0.3, 0.4) is 0 Å². The highest BCUT2D eigenvalue weighted by atomic mass is 16.7. The summed E-state index contributed by atoms with van der Waals surface area (Å²) in [6.45, 7) is 7.02. The van der Waals surface area contributed by atoms with Crippen LogP contribution in [0.2, 0.25) is 0 Å². The molecule has 0 aromatic rings. The molecule has 0 radical (unpaired) electrons. The Hall–Kier alpha value is -2.31. The first-order valence-corrected chi connectivity index (χ1v) is 9.97. The molecule has 5 atom stereocenters. The van der Waals surface area contributed by atoms with Crippen LogP contribution in [0.15, 0.2) is 23.5 Å². The van der Waals surface area contributed by atoms with Gasteiger partial charge < -0.3 is 14.2 Å². The summed E-state index contributed by atoms with van der Waals surface area (Å²) in [6.07, 6.45) is 5.69. The summed E-state index contributed by atoms with van der Waals surface area (Å²) in [5.41, 5.74) is 0.272. The van der Waals surface area contributed by atoms with Gasteiger partial charge in [0.05, 0.1) is 17.9 Å². The summed E-state index contributed by atoms with van der Waals surface area (Å²) in [4.78, 5) is 38.8. The van der Waals surface area contributed by atoms with Crippen molar-refractivity contribution < 1.29 is 28.6 Å². The molecule has 0 aromatic heterocycles. The van der Waals surface area contributed by atoms with E-state index in [9.17, 15) is 14.4 Å². The van der Waals surface area contributed by atoms with Gasteiger partial charge in [0, 0.05) is 17.6 Å². The van der Waals surface area contributed by atoms with Crippen molar-refractivity contribution >= 4 is 18.0 Å². The standard InChI is InChI=1S/C21H27NO6/c1-11-8-16(27-19(11)24)26-10-15-14-9-12-6-5-7-13(12)17(14)22(18(15)23)20(25)28-21(2,3)4/h8,10,12-14,16-17H,5-7,9H2,1-4H3/t12-,13-,14+,16-,17+/m0/s1. The third-order valence-electron chi connectivity index (χ3n) is 6.14. The molecule has 0 aromatic carbocycles. The minimum absolute atomic E-state index is 0.0579. The number of esters is 1. The summed E-state index contributed by atoms with van der Waals surface area (Å²) < 4.78 is 16.2. The Bertz CT molecular complexity index is 776. The van der Waals surface area contributed by atoms with Crippen molar-refractivity contribution in [2.75, 3.05) is 0 Å². The minimum atomic E-state index is -0.831. The molecular formula is C21H27NO6. The molecule has 28 heavy (non-hydrogen) atoms. The summed E-state index contributed by atoms with van der Waals surface area (Å²) >= 11 is 0. The Morgan fingerprint density at radius 1 is 1.29 bits per heavy atom. The summed E-state index contributed by atoms with van der Waals surface area (Å²) in [5.74, 6) is -0.0105. The lowest BCUT2D eigenvalue weighted by Crippen LogP contribution is -2.45. The molecule has 2 saturated carbocycles. The number of imide groups is 1. The van der Waals surface area contributed by atoms with Crippen LogP contribution >= 0.6 is 0 Å². The number of fused-ring (bicyclic) bond motifs is 3. The summed E-state index contributed by atoms with van der Waals surface area (Å²) in [5, 5.41) is 0. The second kappa shape index (κ2) is 6.64. The van der Waals surface area contributed by atoms with E-state index in [0.717, 1.165) is 25.7 Å². The zero-order chi connectivity index (χ0) is 20.2. The van der Waals surface area contributed by atoms with Crippen LogP contribution in [0.5, 0.6) is 0 Å². The van der Waals surface area contributed by atoms with Gasteiger partial charge in [0.2, 0.25) is 0 Å². The molecule has 4 rings (SSSR count). The number of cyclic esters (lactones) is 1. The Kier molecular flexibility index (Phi) is 4.51. The monoisotopic (exact) mass is 389 g/mol. The highest BCUT2D eigenvalue weighted by molar-refractivity contribution is 6.05. The predicted molar refractivity (Wildman–Crippen MR) is 98.6 cm³/mol. The van der Waals surface area contributed by atoms with E-state index < -0.39 is 24.0 Å². The normalized spacial score (nSPS) is 35.7. The number of rotatable bonds is 2. The molecule has 2 aliphatic carbocycles. The number of hydrogen-bond donors (Lipinski definition) is 0. The molecule has 0 spiro atoms. The van der Waals surface area contributed by atoms with Crippen LogP contribution in [-0.4, -0.2) is 40.8 Å². The van der Waals surface area contributed by atoms with Crippen LogP contribution in [0.25, 0.3) is 0 Å². The van der Waals surface area contributed by atoms with Gasteiger partial charge in [-0.25, -0.2) is 14.5 Å². The Balaban J connectivity index is 1.59. The molecule has 4 aliphatic rings. The molecule has 152 valence electrons. The summed E-state index contributed by atoms with van der Waals surface area (Å²) in [7, 11) is 0. The topological polar surface area (TPSA) is 82.1 Å². The number of nitrogens with zero attached hydrogens (tertiary/aromatic N) is 1. The second-order valence-corrected chi connectivity index (χ2v) is 9.18. The lowest BCUT2D eigenvalue weighted by Gasteiger charge is -2.29. The lowest BCUT2D eigenvalue weighted by molar-refractivity contribution is -0.152. The third-order valence-corrected chi connectivity index (χ3v) is 6.14. The number of ether oxygens (including phenoxy) is 3. The van der Waals surface area contributed by atoms with Gasteiger partial charge in [0.15, 0.2) is 0 Å². The van der Waals surface area contributed by atoms with E-state index >= 15 is 0 Å². The molecule has 3 fully saturated rings. The number of likely N-dealkylation sites (tertiary alicyclic amines) is 1. The molecule has 0 bridgehead atoms. The van der Waals surface area contributed by atoms with E-state index in [1.54, 1.807) is 33.8 Å². The number of hydrogen-bond acceptors (Lipinski definition) is 6. The SMILES string of the molecule is CC1=C[C@@H](OC=C2C(=O)N(C(=O)OC(C)(C)C)[C@@H]3[C@H]4CCC[C@H]4C[C@H]23)OC1=O. The van der Waals surface area contributed by atoms with Crippen LogP contribution in [0.1, 0.15) is 53.4 Å². The first-order valence-electron chi connectivity index (χ1n) is 9.97. The van der Waals surface area contributed by atoms with Crippen LogP contribution in [-0.2, 0) is 23.8 Å². The van der Waals surface area contributed by atoms with E-state index in [1.165, 1.54) is 11.2 Å². The quantitative estimate of drug-likeness (QED) is 0.409. The maximum absolute atomic E-state index is 13.1. The van der Waals surface area contributed by atoms with Gasteiger partial charge in [-0.1, -0.05) is 12.8 Å². The average molecular weight is 389 g/mol. The molecule has 7 nitrogen and oxygen atoms in total. The molecule has 1 saturated heterocycles. The smallest absolute Gasteiger partial charge is 0.417 e. The molecule has 2 amide bonds. The number of amides is 2. The maximum Gasteiger partial charge on any atom is 0.417 e. The Morgan fingerprint density at radius 2 is 2.04 bits per heavy atom.